The van der Waals surface area contributed by atoms with Crippen LogP contribution in [0.25, 0.3) is 0 Å². The molecule has 1 aromatic carbocycles. The summed E-state index contributed by atoms with van der Waals surface area (Å²) in [5, 5.41) is 0.385. The second kappa shape index (κ2) is 9.25. The quantitative estimate of drug-likeness (QED) is 0.580. The lowest BCUT2D eigenvalue weighted by Gasteiger charge is -2.42. The van der Waals surface area contributed by atoms with E-state index in [4.69, 9.17) is 21.1 Å². The lowest BCUT2D eigenvalue weighted by molar-refractivity contribution is -0.163. The Balaban J connectivity index is 1.92. The number of benzene rings is 1. The molecule has 0 radical (unpaired) electrons. The lowest BCUT2D eigenvalue weighted by Crippen LogP contribution is -2.66. The van der Waals surface area contributed by atoms with Crippen LogP contribution in [-0.2, 0) is 23.9 Å². The smallest absolute Gasteiger partial charge is 0.334 e. The lowest BCUT2D eigenvalue weighted by atomic mass is 9.97. The Labute approximate surface area is 203 Å². The number of aliphatic imine (C=N–C) groups is 1. The van der Waals surface area contributed by atoms with Crippen LogP contribution in [0.2, 0.25) is 5.02 Å². The molecule has 2 heterocycles. The predicted molar refractivity (Wildman–Crippen MR) is 125 cm³/mol. The third kappa shape index (κ3) is 5.01. The van der Waals surface area contributed by atoms with Gasteiger partial charge in [-0.1, -0.05) is 23.7 Å². The molecule has 34 heavy (non-hydrogen) atoms. The van der Waals surface area contributed by atoms with Gasteiger partial charge in [0.05, 0.1) is 27.9 Å². The number of imide groups is 1. The van der Waals surface area contributed by atoms with Crippen molar-refractivity contribution in [3.8, 4) is 0 Å². The summed E-state index contributed by atoms with van der Waals surface area (Å²) in [6, 6.07) is 5.12. The number of carbonyl (C=O) groups excluding carboxylic acids is 4. The van der Waals surface area contributed by atoms with Gasteiger partial charge in [-0.2, -0.15) is 0 Å². The second-order valence-electron chi connectivity index (χ2n) is 10.1. The fraction of sp³-hybridized carbons (Fsp3) is 0.522. The molecule has 2 unspecified atom stereocenters. The summed E-state index contributed by atoms with van der Waals surface area (Å²) in [5.41, 5.74) is -1.10. The number of ether oxygens (including phenoxy) is 2. The van der Waals surface area contributed by atoms with Crippen molar-refractivity contribution in [1.29, 1.82) is 0 Å². The first kappa shape index (κ1) is 25.5. The number of hydrogen-bond donors (Lipinski definition) is 0. The van der Waals surface area contributed by atoms with Crippen LogP contribution in [0.3, 0.4) is 0 Å². The van der Waals surface area contributed by atoms with E-state index in [1.54, 1.807) is 70.7 Å². The first-order valence-corrected chi connectivity index (χ1v) is 11.1. The number of nitrogens with zero attached hydrogens (tertiary/aromatic N) is 4. The standard InChI is InChI=1S/C23H29ClN4O6/c1-22(2,3)19(30)33-12-27-17-16(26(11-25-17)15-10-8-7-9-14(15)24)18(29)28(21(27)32)13-34-20(31)23(4,5)6/h7-11,16-17H,12-13H2,1-6H3. The van der Waals surface area contributed by atoms with E-state index in [1.807, 2.05) is 0 Å². The van der Waals surface area contributed by atoms with Crippen LogP contribution in [0.15, 0.2) is 29.3 Å². The van der Waals surface area contributed by atoms with Crippen LogP contribution in [0.1, 0.15) is 41.5 Å². The average Bonchev–Trinajstić information content (AvgIpc) is 3.17. The second-order valence-corrected chi connectivity index (χ2v) is 10.5. The number of urea groups is 1. The molecular weight excluding hydrogens is 464 g/mol. The van der Waals surface area contributed by atoms with Gasteiger partial charge in [0.1, 0.15) is 0 Å². The summed E-state index contributed by atoms with van der Waals surface area (Å²) in [7, 11) is 0. The van der Waals surface area contributed by atoms with Crippen LogP contribution in [0.5, 0.6) is 0 Å². The summed E-state index contributed by atoms with van der Waals surface area (Å²) >= 11 is 6.34. The zero-order valence-electron chi connectivity index (χ0n) is 20.1. The molecule has 1 saturated heterocycles. The van der Waals surface area contributed by atoms with E-state index >= 15 is 0 Å². The van der Waals surface area contributed by atoms with E-state index in [2.05, 4.69) is 4.99 Å². The summed E-state index contributed by atoms with van der Waals surface area (Å²) in [6.45, 7) is 9.02. The van der Waals surface area contributed by atoms with Gasteiger partial charge in [-0.05, 0) is 53.7 Å². The fourth-order valence-electron chi connectivity index (χ4n) is 3.26. The highest BCUT2D eigenvalue weighted by atomic mass is 35.5. The van der Waals surface area contributed by atoms with Gasteiger partial charge >= 0.3 is 18.0 Å². The van der Waals surface area contributed by atoms with Crippen LogP contribution in [0.4, 0.5) is 10.5 Å². The Morgan fingerprint density at radius 3 is 2.09 bits per heavy atom. The maximum absolute atomic E-state index is 13.4. The topological polar surface area (TPSA) is 109 Å². The number of amides is 3. The van der Waals surface area contributed by atoms with E-state index in [9.17, 15) is 19.2 Å². The highest BCUT2D eigenvalue weighted by Gasteiger charge is 2.52. The van der Waals surface area contributed by atoms with E-state index in [0.717, 1.165) is 9.80 Å². The molecule has 2 aliphatic heterocycles. The Kier molecular flexibility index (Phi) is 6.93. The molecule has 184 valence electrons. The third-order valence-electron chi connectivity index (χ3n) is 5.26. The molecule has 2 aliphatic rings. The number of carbonyl (C=O) groups is 4. The SMILES string of the molecule is CC(C)(C)C(=O)OCN1C(=O)C2C(N=CN2c2ccccc2Cl)N(COC(=O)C(C)(C)C)C1=O. The Morgan fingerprint density at radius 2 is 1.53 bits per heavy atom. The van der Waals surface area contributed by atoms with E-state index < -0.39 is 60.4 Å². The Bertz CT molecular complexity index is 1030. The number of rotatable bonds is 5. The van der Waals surface area contributed by atoms with Crippen molar-refractivity contribution >= 4 is 47.5 Å². The monoisotopic (exact) mass is 492 g/mol. The normalized spacial score (nSPS) is 20.5. The summed E-state index contributed by atoms with van der Waals surface area (Å²) in [5.74, 6) is -1.72. The van der Waals surface area contributed by atoms with Crippen molar-refractivity contribution in [2.45, 2.75) is 53.8 Å². The van der Waals surface area contributed by atoms with Crippen molar-refractivity contribution in [2.24, 2.45) is 15.8 Å². The molecule has 10 nitrogen and oxygen atoms in total. The predicted octanol–water partition coefficient (Wildman–Crippen LogP) is 3.24. The van der Waals surface area contributed by atoms with Gasteiger partial charge in [-0.25, -0.2) is 14.7 Å². The van der Waals surface area contributed by atoms with Gasteiger partial charge < -0.3 is 14.4 Å². The Morgan fingerprint density at radius 1 is 0.971 bits per heavy atom. The number of para-hydroxylation sites is 1. The van der Waals surface area contributed by atoms with Crippen molar-refractivity contribution in [1.82, 2.24) is 9.80 Å². The molecule has 0 aliphatic carbocycles. The third-order valence-corrected chi connectivity index (χ3v) is 5.58. The van der Waals surface area contributed by atoms with Gasteiger partial charge in [-0.3, -0.25) is 19.3 Å². The highest BCUT2D eigenvalue weighted by molar-refractivity contribution is 6.33. The molecule has 3 amide bonds. The zero-order chi connectivity index (χ0) is 25.4. The van der Waals surface area contributed by atoms with Gasteiger partial charge in [0.15, 0.2) is 25.7 Å². The fourth-order valence-corrected chi connectivity index (χ4v) is 3.50. The molecular formula is C23H29ClN4O6. The number of esters is 2. The van der Waals surface area contributed by atoms with E-state index in [-0.39, 0.29) is 0 Å². The zero-order valence-corrected chi connectivity index (χ0v) is 20.8. The molecule has 0 N–H and O–H groups in total. The average molecular weight is 493 g/mol. The minimum atomic E-state index is -0.987. The van der Waals surface area contributed by atoms with Crippen LogP contribution in [0, 0.1) is 10.8 Å². The molecule has 2 atom stereocenters. The molecule has 0 saturated carbocycles. The van der Waals surface area contributed by atoms with E-state index in [1.165, 1.54) is 6.34 Å². The van der Waals surface area contributed by atoms with Crippen LogP contribution in [-0.4, -0.2) is 65.7 Å². The number of halogens is 1. The minimum absolute atomic E-state index is 0.385. The molecule has 11 heteroatoms. The maximum Gasteiger partial charge on any atom is 0.334 e. The molecule has 0 bridgehead atoms. The van der Waals surface area contributed by atoms with Gasteiger partial charge in [0.25, 0.3) is 5.91 Å². The molecule has 1 aromatic rings. The van der Waals surface area contributed by atoms with Gasteiger partial charge in [0.2, 0.25) is 0 Å². The Hall–Kier alpha value is -3.14. The first-order valence-electron chi connectivity index (χ1n) is 10.8. The number of fused-ring (bicyclic) bond motifs is 1. The maximum atomic E-state index is 13.4. The highest BCUT2D eigenvalue weighted by Crippen LogP contribution is 2.34. The summed E-state index contributed by atoms with van der Waals surface area (Å²) < 4.78 is 10.6. The minimum Gasteiger partial charge on any atom is -0.444 e. The van der Waals surface area contributed by atoms with Gasteiger partial charge in [0, 0.05) is 0 Å². The van der Waals surface area contributed by atoms with Crippen LogP contribution < -0.4 is 4.90 Å². The summed E-state index contributed by atoms with van der Waals surface area (Å²) in [4.78, 5) is 59.2. The van der Waals surface area contributed by atoms with E-state index in [0.29, 0.717) is 10.7 Å². The number of anilines is 1. The van der Waals surface area contributed by atoms with Crippen molar-refractivity contribution in [3.63, 3.8) is 0 Å². The number of hydrogen-bond acceptors (Lipinski definition) is 8. The molecule has 3 rings (SSSR count). The van der Waals surface area contributed by atoms with Crippen molar-refractivity contribution in [3.05, 3.63) is 29.3 Å². The van der Waals surface area contributed by atoms with Crippen LogP contribution >= 0.6 is 11.6 Å². The molecule has 0 spiro atoms. The van der Waals surface area contributed by atoms with Crippen molar-refractivity contribution in [2.75, 3.05) is 18.4 Å². The summed E-state index contributed by atoms with van der Waals surface area (Å²) in [6.07, 6.45) is 0.462. The van der Waals surface area contributed by atoms with Crippen molar-refractivity contribution < 1.29 is 28.7 Å². The van der Waals surface area contributed by atoms with Gasteiger partial charge in [-0.15, -0.1) is 0 Å². The molecule has 1 fully saturated rings. The largest absolute Gasteiger partial charge is 0.444 e. The first-order chi connectivity index (χ1) is 15.7. The molecule has 0 aromatic heterocycles.